The van der Waals surface area contributed by atoms with Crippen molar-refractivity contribution in [2.45, 2.75) is 11.4 Å². The van der Waals surface area contributed by atoms with Crippen LogP contribution in [0.3, 0.4) is 0 Å². The van der Waals surface area contributed by atoms with Gasteiger partial charge in [0.25, 0.3) is 0 Å². The normalized spacial score (nSPS) is 10.4. The van der Waals surface area contributed by atoms with Crippen molar-refractivity contribution < 1.29 is 0 Å². The van der Waals surface area contributed by atoms with Gasteiger partial charge in [0.15, 0.2) is 0 Å². The molecule has 0 aliphatic heterocycles. The van der Waals surface area contributed by atoms with Crippen molar-refractivity contribution >= 4 is 34.2 Å². The first-order valence-electron chi connectivity index (χ1n) is 2.90. The maximum absolute atomic E-state index is 5.91. The average Bonchev–Trinajstić information content (AvgIpc) is 2.09. The molecule has 0 spiro atoms. The van der Waals surface area contributed by atoms with Gasteiger partial charge in [0.1, 0.15) is 5.15 Å². The fourth-order valence-electron chi connectivity index (χ4n) is 0.826. The molecule has 1 aromatic heterocycles. The Morgan fingerprint density at radius 3 is 2.50 bits per heavy atom. The molecule has 0 aromatic carbocycles. The van der Waals surface area contributed by atoms with Crippen LogP contribution in [0.2, 0.25) is 5.15 Å². The first kappa shape index (κ1) is 8.33. The molecular weight excluding hydrogens is 262 g/mol. The van der Waals surface area contributed by atoms with Crippen molar-refractivity contribution in [2.75, 3.05) is 0 Å². The zero-order chi connectivity index (χ0) is 7.72. The highest BCUT2D eigenvalue weighted by molar-refractivity contribution is 14.1. The Morgan fingerprint density at radius 1 is 1.70 bits per heavy atom. The van der Waals surface area contributed by atoms with Crippen LogP contribution in [0.1, 0.15) is 11.3 Å². The number of aryl methyl sites for hydroxylation is 2. The van der Waals surface area contributed by atoms with Gasteiger partial charge in [-0.05, 0) is 6.92 Å². The van der Waals surface area contributed by atoms with E-state index >= 15 is 0 Å². The van der Waals surface area contributed by atoms with Crippen LogP contribution in [0.25, 0.3) is 0 Å². The maximum Gasteiger partial charge on any atom is 0.130 e. The van der Waals surface area contributed by atoms with Gasteiger partial charge in [0, 0.05) is 17.0 Å². The highest BCUT2D eigenvalue weighted by Crippen LogP contribution is 2.20. The van der Waals surface area contributed by atoms with Crippen LogP contribution < -0.4 is 0 Å². The van der Waals surface area contributed by atoms with Crippen molar-refractivity contribution in [3.63, 3.8) is 0 Å². The van der Waals surface area contributed by atoms with E-state index in [1.807, 2.05) is 14.0 Å². The molecule has 10 heavy (non-hydrogen) atoms. The third kappa shape index (κ3) is 1.29. The predicted molar refractivity (Wildman–Crippen MR) is 50.7 cm³/mol. The molecule has 0 unspecified atom stereocenters. The Labute approximate surface area is 78.7 Å². The molecule has 0 bridgehead atoms. The summed E-state index contributed by atoms with van der Waals surface area (Å²) >= 11 is 8.19. The lowest BCUT2D eigenvalue weighted by molar-refractivity contribution is 0.757. The largest absolute Gasteiger partial charge is 0.257 e. The molecule has 0 saturated carbocycles. The molecule has 0 N–H and O–H groups in total. The molecule has 0 radical (unpaired) electrons. The Hall–Kier alpha value is 0.230. The van der Waals surface area contributed by atoms with Crippen molar-refractivity contribution in [1.82, 2.24) is 9.78 Å². The predicted octanol–water partition coefficient (Wildman–Crippen LogP) is 2.32. The zero-order valence-electron chi connectivity index (χ0n) is 5.86. The highest BCUT2D eigenvalue weighted by atomic mass is 127. The van der Waals surface area contributed by atoms with Gasteiger partial charge in [-0.15, -0.1) is 0 Å². The number of aromatic nitrogens is 2. The van der Waals surface area contributed by atoms with Gasteiger partial charge in [-0.25, -0.2) is 0 Å². The summed E-state index contributed by atoms with van der Waals surface area (Å²) in [5.74, 6) is 0. The number of hydrogen-bond acceptors (Lipinski definition) is 1. The van der Waals surface area contributed by atoms with Crippen molar-refractivity contribution in [2.24, 2.45) is 7.05 Å². The van der Waals surface area contributed by atoms with Gasteiger partial charge >= 0.3 is 0 Å². The number of hydrogen-bond donors (Lipinski definition) is 0. The molecule has 0 saturated heterocycles. The van der Waals surface area contributed by atoms with Gasteiger partial charge < -0.3 is 0 Å². The smallest absolute Gasteiger partial charge is 0.130 e. The number of alkyl halides is 1. The average molecular weight is 271 g/mol. The number of nitrogens with zero attached hydrogens (tertiary/aromatic N) is 2. The first-order chi connectivity index (χ1) is 4.66. The molecular formula is C6H8ClIN2. The van der Waals surface area contributed by atoms with Gasteiger partial charge in [-0.1, -0.05) is 34.2 Å². The monoisotopic (exact) mass is 270 g/mol. The van der Waals surface area contributed by atoms with E-state index < -0.39 is 0 Å². The summed E-state index contributed by atoms with van der Waals surface area (Å²) in [5.41, 5.74) is 2.17. The van der Waals surface area contributed by atoms with Crippen LogP contribution in [-0.4, -0.2) is 9.78 Å². The van der Waals surface area contributed by atoms with E-state index in [0.29, 0.717) is 0 Å². The second-order valence-electron chi connectivity index (χ2n) is 2.11. The summed E-state index contributed by atoms with van der Waals surface area (Å²) in [4.78, 5) is 0. The standard InChI is InChI=1S/C6H8ClIN2/c1-4-5(3-8)6(7)10(2)9-4/h3H2,1-2H3. The van der Waals surface area contributed by atoms with Crippen LogP contribution in [0, 0.1) is 6.92 Å². The zero-order valence-corrected chi connectivity index (χ0v) is 8.77. The molecule has 0 aliphatic rings. The molecule has 56 valence electrons. The lowest BCUT2D eigenvalue weighted by Gasteiger charge is -1.91. The van der Waals surface area contributed by atoms with Crippen molar-refractivity contribution in [3.8, 4) is 0 Å². The fraction of sp³-hybridized carbons (Fsp3) is 0.500. The fourth-order valence-corrected chi connectivity index (χ4v) is 2.21. The van der Waals surface area contributed by atoms with Crippen LogP contribution in [0.5, 0.6) is 0 Å². The van der Waals surface area contributed by atoms with E-state index in [-0.39, 0.29) is 0 Å². The molecule has 4 heteroatoms. The third-order valence-corrected chi connectivity index (χ3v) is 2.64. The minimum absolute atomic E-state index is 0.756. The summed E-state index contributed by atoms with van der Waals surface area (Å²) in [7, 11) is 1.85. The van der Waals surface area contributed by atoms with E-state index in [1.54, 1.807) is 4.68 Å². The van der Waals surface area contributed by atoms with E-state index in [2.05, 4.69) is 27.7 Å². The van der Waals surface area contributed by atoms with E-state index in [1.165, 1.54) is 0 Å². The Morgan fingerprint density at radius 2 is 2.30 bits per heavy atom. The molecule has 1 aromatic rings. The molecule has 1 heterocycles. The molecule has 2 nitrogen and oxygen atoms in total. The molecule has 0 aliphatic carbocycles. The molecule has 0 amide bonds. The van der Waals surface area contributed by atoms with Crippen LogP contribution >= 0.6 is 34.2 Å². The van der Waals surface area contributed by atoms with Gasteiger partial charge in [-0.3, -0.25) is 4.68 Å². The lowest BCUT2D eigenvalue weighted by Crippen LogP contribution is -1.88. The Kier molecular flexibility index (Phi) is 2.57. The van der Waals surface area contributed by atoms with Gasteiger partial charge in [0.2, 0.25) is 0 Å². The van der Waals surface area contributed by atoms with E-state index in [0.717, 1.165) is 20.8 Å². The van der Waals surface area contributed by atoms with E-state index in [4.69, 9.17) is 11.6 Å². The van der Waals surface area contributed by atoms with Crippen LogP contribution in [0.15, 0.2) is 0 Å². The van der Waals surface area contributed by atoms with E-state index in [9.17, 15) is 0 Å². The van der Waals surface area contributed by atoms with Gasteiger partial charge in [0.05, 0.1) is 5.69 Å². The molecule has 1 rings (SSSR count). The summed E-state index contributed by atoms with van der Waals surface area (Å²) in [6.07, 6.45) is 0. The van der Waals surface area contributed by atoms with Crippen LogP contribution in [-0.2, 0) is 11.5 Å². The minimum Gasteiger partial charge on any atom is -0.257 e. The quantitative estimate of drug-likeness (QED) is 0.566. The Balaban J connectivity index is 3.20. The molecule has 0 atom stereocenters. The number of rotatable bonds is 1. The summed E-state index contributed by atoms with van der Waals surface area (Å²) in [5, 5.41) is 4.92. The summed E-state index contributed by atoms with van der Waals surface area (Å²) < 4.78 is 2.63. The first-order valence-corrected chi connectivity index (χ1v) is 4.81. The topological polar surface area (TPSA) is 17.8 Å². The minimum atomic E-state index is 0.756. The van der Waals surface area contributed by atoms with Gasteiger partial charge in [-0.2, -0.15) is 5.10 Å². The van der Waals surface area contributed by atoms with Crippen molar-refractivity contribution in [3.05, 3.63) is 16.4 Å². The molecule has 0 fully saturated rings. The highest BCUT2D eigenvalue weighted by Gasteiger charge is 2.08. The maximum atomic E-state index is 5.91. The second-order valence-corrected chi connectivity index (χ2v) is 3.23. The van der Waals surface area contributed by atoms with Crippen LogP contribution in [0.4, 0.5) is 0 Å². The van der Waals surface area contributed by atoms with Crippen molar-refractivity contribution in [1.29, 1.82) is 0 Å². The Bertz CT molecular complexity index is 244. The second kappa shape index (κ2) is 3.09. The third-order valence-electron chi connectivity index (χ3n) is 1.40. The SMILES string of the molecule is Cc1nn(C)c(Cl)c1CI. The lowest BCUT2D eigenvalue weighted by atomic mass is 10.3. The number of halogens is 2. The summed E-state index contributed by atoms with van der Waals surface area (Å²) in [6, 6.07) is 0. The summed E-state index contributed by atoms with van der Waals surface area (Å²) in [6.45, 7) is 1.97.